The van der Waals surface area contributed by atoms with Crippen molar-refractivity contribution in [2.45, 2.75) is 19.5 Å². The van der Waals surface area contributed by atoms with Crippen LogP contribution in [0.25, 0.3) is 5.82 Å². The van der Waals surface area contributed by atoms with Crippen molar-refractivity contribution in [3.63, 3.8) is 0 Å². The van der Waals surface area contributed by atoms with Gasteiger partial charge in [0.2, 0.25) is 5.88 Å². The van der Waals surface area contributed by atoms with Crippen molar-refractivity contribution in [2.75, 3.05) is 30.4 Å². The largest absolute Gasteiger partial charge is 0.480 e. The highest BCUT2D eigenvalue weighted by atomic mass is 19.4. The van der Waals surface area contributed by atoms with Gasteiger partial charge in [-0.15, -0.1) is 10.2 Å². The van der Waals surface area contributed by atoms with E-state index in [2.05, 4.69) is 25.5 Å². The van der Waals surface area contributed by atoms with E-state index in [1.165, 1.54) is 19.2 Å². The van der Waals surface area contributed by atoms with Crippen molar-refractivity contribution in [2.24, 2.45) is 0 Å². The van der Waals surface area contributed by atoms with Gasteiger partial charge in [0.15, 0.2) is 11.5 Å². The lowest BCUT2D eigenvalue weighted by Crippen LogP contribution is -2.21. The molecule has 0 unspecified atom stereocenters. The number of anilines is 2. The van der Waals surface area contributed by atoms with Crippen LogP contribution in [-0.4, -0.2) is 46.1 Å². The van der Waals surface area contributed by atoms with E-state index in [1.54, 1.807) is 12.1 Å². The van der Waals surface area contributed by atoms with Gasteiger partial charge in [0, 0.05) is 30.5 Å². The number of carbonyl (C=O) groups excluding carboxylic acids is 1. The number of ether oxygens (including phenoxy) is 1. The third-order valence-corrected chi connectivity index (χ3v) is 5.05. The van der Waals surface area contributed by atoms with Crippen molar-refractivity contribution in [3.8, 4) is 11.7 Å². The van der Waals surface area contributed by atoms with Crippen LogP contribution in [0.1, 0.15) is 28.5 Å². The molecule has 1 amide bonds. The molecular formula is C20H19F3N6O2. The Bertz CT molecular complexity index is 1110. The minimum Gasteiger partial charge on any atom is -0.480 e. The first-order valence-electron chi connectivity index (χ1n) is 9.54. The highest BCUT2D eigenvalue weighted by Gasteiger charge is 2.41. The highest BCUT2D eigenvalue weighted by Crippen LogP contribution is 2.34. The molecule has 0 fully saturated rings. The SMILES string of the molecule is CCN1CCc2ccc(NC(=O)c3cnn(-c4ccc(OC)nn4)c3C(F)(F)F)cc21. The summed E-state index contributed by atoms with van der Waals surface area (Å²) in [5.74, 6) is -0.968. The minimum atomic E-state index is -4.85. The van der Waals surface area contributed by atoms with Crippen LogP contribution in [0.3, 0.4) is 0 Å². The maximum absolute atomic E-state index is 13.8. The molecule has 0 radical (unpaired) electrons. The number of amides is 1. The number of hydrogen-bond acceptors (Lipinski definition) is 6. The van der Waals surface area contributed by atoms with Gasteiger partial charge >= 0.3 is 6.18 Å². The van der Waals surface area contributed by atoms with Crippen LogP contribution in [0.4, 0.5) is 24.5 Å². The van der Waals surface area contributed by atoms with Crippen LogP contribution < -0.4 is 15.0 Å². The standard InChI is InChI=1S/C20H19F3N6O2/c1-3-28-9-8-12-4-5-13(10-15(12)28)25-19(30)14-11-24-29(18(14)20(21,22)23)16-6-7-17(31-2)27-26-16/h4-7,10-11H,3,8-9H2,1-2H3,(H,25,30). The van der Waals surface area contributed by atoms with E-state index in [0.29, 0.717) is 10.4 Å². The summed E-state index contributed by atoms with van der Waals surface area (Å²) >= 11 is 0. The molecule has 8 nitrogen and oxygen atoms in total. The molecular weight excluding hydrogens is 413 g/mol. The monoisotopic (exact) mass is 432 g/mol. The molecule has 31 heavy (non-hydrogen) atoms. The Morgan fingerprint density at radius 2 is 2.03 bits per heavy atom. The number of rotatable bonds is 5. The molecule has 0 spiro atoms. The van der Waals surface area contributed by atoms with Gasteiger partial charge in [-0.2, -0.15) is 18.3 Å². The van der Waals surface area contributed by atoms with Crippen LogP contribution in [0.15, 0.2) is 36.5 Å². The van der Waals surface area contributed by atoms with Gasteiger partial charge in [-0.1, -0.05) is 6.07 Å². The zero-order valence-electron chi connectivity index (χ0n) is 16.8. The van der Waals surface area contributed by atoms with Crippen molar-refractivity contribution in [1.29, 1.82) is 0 Å². The summed E-state index contributed by atoms with van der Waals surface area (Å²) < 4.78 is 46.9. The quantitative estimate of drug-likeness (QED) is 0.666. The summed E-state index contributed by atoms with van der Waals surface area (Å²) in [5, 5.41) is 13.6. The Morgan fingerprint density at radius 3 is 2.68 bits per heavy atom. The zero-order chi connectivity index (χ0) is 22.2. The molecule has 4 rings (SSSR count). The summed E-state index contributed by atoms with van der Waals surface area (Å²) in [7, 11) is 1.36. The summed E-state index contributed by atoms with van der Waals surface area (Å²) in [4.78, 5) is 14.9. The van der Waals surface area contributed by atoms with Gasteiger partial charge in [0.25, 0.3) is 5.91 Å². The van der Waals surface area contributed by atoms with Crippen molar-refractivity contribution >= 4 is 17.3 Å². The molecule has 3 heterocycles. The molecule has 3 aromatic rings. The summed E-state index contributed by atoms with van der Waals surface area (Å²) in [6, 6.07) is 7.96. The van der Waals surface area contributed by atoms with Crippen LogP contribution in [-0.2, 0) is 12.6 Å². The summed E-state index contributed by atoms with van der Waals surface area (Å²) in [6.07, 6.45) is -3.08. The first-order chi connectivity index (χ1) is 14.8. The molecule has 162 valence electrons. The van der Waals surface area contributed by atoms with E-state index in [0.717, 1.165) is 37.0 Å². The highest BCUT2D eigenvalue weighted by molar-refractivity contribution is 6.05. The van der Waals surface area contributed by atoms with E-state index in [1.807, 2.05) is 13.0 Å². The number of alkyl halides is 3. The number of halogens is 3. The first-order valence-corrected chi connectivity index (χ1v) is 9.54. The van der Waals surface area contributed by atoms with Crippen LogP contribution in [0.2, 0.25) is 0 Å². The smallest absolute Gasteiger partial charge is 0.434 e. The molecule has 0 bridgehead atoms. The van der Waals surface area contributed by atoms with E-state index >= 15 is 0 Å². The second-order valence-electron chi connectivity index (χ2n) is 6.88. The number of nitrogens with zero attached hydrogens (tertiary/aromatic N) is 5. The molecule has 11 heteroatoms. The fourth-order valence-electron chi connectivity index (χ4n) is 3.55. The van der Waals surface area contributed by atoms with Crippen molar-refractivity contribution in [3.05, 3.63) is 53.3 Å². The predicted octanol–water partition coefficient (Wildman–Crippen LogP) is 3.32. The van der Waals surface area contributed by atoms with Gasteiger partial charge < -0.3 is 15.0 Å². The predicted molar refractivity (Wildman–Crippen MR) is 107 cm³/mol. The number of nitrogens with one attached hydrogen (secondary N) is 1. The fourth-order valence-corrected chi connectivity index (χ4v) is 3.55. The van der Waals surface area contributed by atoms with Gasteiger partial charge in [-0.25, -0.2) is 4.68 Å². The summed E-state index contributed by atoms with van der Waals surface area (Å²) in [6.45, 7) is 3.70. The second kappa shape index (κ2) is 7.89. The Balaban J connectivity index is 1.66. The minimum absolute atomic E-state index is 0.139. The van der Waals surface area contributed by atoms with Crippen LogP contribution >= 0.6 is 0 Å². The van der Waals surface area contributed by atoms with Crippen molar-refractivity contribution < 1.29 is 22.7 Å². The lowest BCUT2D eigenvalue weighted by atomic mass is 10.1. The third kappa shape index (κ3) is 3.90. The Hall–Kier alpha value is -3.63. The average molecular weight is 432 g/mol. The Kier molecular flexibility index (Phi) is 5.25. The molecule has 1 aliphatic rings. The van der Waals surface area contributed by atoms with Gasteiger partial charge in [-0.05, 0) is 37.1 Å². The fraction of sp³-hybridized carbons (Fsp3) is 0.300. The van der Waals surface area contributed by atoms with Gasteiger partial charge in [0.05, 0.1) is 18.9 Å². The number of methoxy groups -OCH3 is 1. The van der Waals surface area contributed by atoms with Crippen LogP contribution in [0.5, 0.6) is 5.88 Å². The lowest BCUT2D eigenvalue weighted by Gasteiger charge is -2.17. The molecule has 0 saturated carbocycles. The molecule has 1 aliphatic heterocycles. The Labute approximate surface area is 175 Å². The lowest BCUT2D eigenvalue weighted by molar-refractivity contribution is -0.143. The molecule has 2 aromatic heterocycles. The summed E-state index contributed by atoms with van der Waals surface area (Å²) in [5.41, 5.74) is 0.676. The van der Waals surface area contributed by atoms with Gasteiger partial charge in [-0.3, -0.25) is 4.79 Å². The third-order valence-electron chi connectivity index (χ3n) is 5.05. The maximum atomic E-state index is 13.8. The molecule has 0 aliphatic carbocycles. The maximum Gasteiger partial charge on any atom is 0.434 e. The molecule has 0 atom stereocenters. The van der Waals surface area contributed by atoms with Gasteiger partial charge in [0.1, 0.15) is 0 Å². The first kappa shape index (κ1) is 20.6. The van der Waals surface area contributed by atoms with E-state index in [9.17, 15) is 18.0 Å². The molecule has 1 N–H and O–H groups in total. The zero-order valence-corrected chi connectivity index (χ0v) is 16.8. The number of carbonyl (C=O) groups is 1. The topological polar surface area (TPSA) is 85.2 Å². The number of benzene rings is 1. The average Bonchev–Trinajstić information content (AvgIpc) is 3.38. The number of fused-ring (bicyclic) bond motifs is 1. The second-order valence-corrected chi connectivity index (χ2v) is 6.88. The van der Waals surface area contributed by atoms with Crippen molar-refractivity contribution in [1.82, 2.24) is 20.0 Å². The van der Waals surface area contributed by atoms with E-state index < -0.39 is 23.3 Å². The number of aromatic nitrogens is 4. The number of hydrogen-bond donors (Lipinski definition) is 1. The molecule has 1 aromatic carbocycles. The Morgan fingerprint density at radius 1 is 1.23 bits per heavy atom. The number of likely N-dealkylation sites (N-methyl/N-ethyl adjacent to an activating group) is 1. The van der Waals surface area contributed by atoms with E-state index in [4.69, 9.17) is 4.74 Å². The normalized spacial score (nSPS) is 13.3. The van der Waals surface area contributed by atoms with E-state index in [-0.39, 0.29) is 11.7 Å². The van der Waals surface area contributed by atoms with Crippen LogP contribution in [0, 0.1) is 0 Å². The molecule has 0 saturated heterocycles.